The lowest BCUT2D eigenvalue weighted by Gasteiger charge is -1.98. The van der Waals surface area contributed by atoms with Crippen LogP contribution in [-0.4, -0.2) is 30.9 Å². The maximum Gasteiger partial charge on any atom is 0.360 e. The maximum absolute atomic E-state index is 11.3. The summed E-state index contributed by atoms with van der Waals surface area (Å²) in [6.07, 6.45) is 0.914. The van der Waals surface area contributed by atoms with Gasteiger partial charge in [0, 0.05) is 18.6 Å². The van der Waals surface area contributed by atoms with Gasteiger partial charge in [0.05, 0.1) is 13.2 Å². The van der Waals surface area contributed by atoms with Crippen molar-refractivity contribution in [3.8, 4) is 0 Å². The van der Waals surface area contributed by atoms with E-state index in [1.807, 2.05) is 0 Å². The van der Waals surface area contributed by atoms with E-state index in [0.29, 0.717) is 19.0 Å². The number of rotatable bonds is 3. The molecule has 1 aromatic heterocycles. The smallest absolute Gasteiger partial charge is 0.360 e. The number of hydrogen-bond acceptors (Lipinski definition) is 5. The van der Waals surface area contributed by atoms with Crippen molar-refractivity contribution < 1.29 is 18.8 Å². The van der Waals surface area contributed by atoms with Crippen LogP contribution < -0.4 is 0 Å². The molecule has 2 heterocycles. The van der Waals surface area contributed by atoms with E-state index in [1.165, 1.54) is 0 Å². The van der Waals surface area contributed by atoms with E-state index in [-0.39, 0.29) is 11.6 Å². The summed E-state index contributed by atoms with van der Waals surface area (Å²) in [6.45, 7) is 3.47. The Hall–Kier alpha value is -1.36. The maximum atomic E-state index is 11.3. The van der Waals surface area contributed by atoms with Gasteiger partial charge in [-0.3, -0.25) is 0 Å². The Bertz CT molecular complexity index is 341. The number of nitrogens with zero attached hydrogens (tertiary/aromatic N) is 1. The van der Waals surface area contributed by atoms with Crippen LogP contribution in [0.1, 0.15) is 35.5 Å². The Morgan fingerprint density at radius 1 is 1.73 bits per heavy atom. The molecule has 1 aromatic rings. The van der Waals surface area contributed by atoms with Crippen LogP contribution in [0, 0.1) is 0 Å². The van der Waals surface area contributed by atoms with Gasteiger partial charge in [0.15, 0.2) is 5.69 Å². The predicted octanol–water partition coefficient (Wildman–Crippen LogP) is 1.36. The molecule has 0 aromatic carbocycles. The van der Waals surface area contributed by atoms with Crippen LogP contribution in [0.25, 0.3) is 0 Å². The molecule has 0 aliphatic carbocycles. The largest absolute Gasteiger partial charge is 0.461 e. The molecule has 1 unspecified atom stereocenters. The molecule has 82 valence electrons. The van der Waals surface area contributed by atoms with Crippen molar-refractivity contribution in [1.82, 2.24) is 5.16 Å². The highest BCUT2D eigenvalue weighted by molar-refractivity contribution is 5.87. The lowest BCUT2D eigenvalue weighted by Crippen LogP contribution is -2.04. The van der Waals surface area contributed by atoms with Crippen molar-refractivity contribution >= 4 is 5.97 Å². The van der Waals surface area contributed by atoms with E-state index in [9.17, 15) is 4.79 Å². The summed E-state index contributed by atoms with van der Waals surface area (Å²) in [5.74, 6) is 0.489. The Morgan fingerprint density at radius 2 is 2.60 bits per heavy atom. The fraction of sp³-hybridized carbons (Fsp3) is 0.600. The summed E-state index contributed by atoms with van der Waals surface area (Å²) in [6, 6.07) is 1.64. The summed E-state index contributed by atoms with van der Waals surface area (Å²) in [4.78, 5) is 11.3. The Balaban J connectivity index is 2.06. The second-order valence-electron chi connectivity index (χ2n) is 3.40. The molecule has 0 N–H and O–H groups in total. The molecule has 1 aliphatic heterocycles. The number of carbonyl (C=O) groups excluding carboxylic acids is 1. The monoisotopic (exact) mass is 211 g/mol. The number of esters is 1. The second-order valence-corrected chi connectivity index (χ2v) is 3.40. The Morgan fingerprint density at radius 3 is 3.27 bits per heavy atom. The normalized spacial score (nSPS) is 20.5. The predicted molar refractivity (Wildman–Crippen MR) is 50.6 cm³/mol. The Labute approximate surface area is 87.3 Å². The van der Waals surface area contributed by atoms with Crippen molar-refractivity contribution in [3.05, 3.63) is 17.5 Å². The molecule has 5 nitrogen and oxygen atoms in total. The van der Waals surface area contributed by atoms with E-state index in [1.54, 1.807) is 13.0 Å². The standard InChI is InChI=1S/C10H13NO4/c1-2-14-10(12)8-5-9(15-11-8)7-3-4-13-6-7/h5,7H,2-4,6H2,1H3. The fourth-order valence-electron chi connectivity index (χ4n) is 1.54. The highest BCUT2D eigenvalue weighted by atomic mass is 16.5. The molecule has 1 fully saturated rings. The van der Waals surface area contributed by atoms with Gasteiger partial charge >= 0.3 is 5.97 Å². The average molecular weight is 211 g/mol. The van der Waals surface area contributed by atoms with Crippen LogP contribution in [0.3, 0.4) is 0 Å². The van der Waals surface area contributed by atoms with E-state index in [4.69, 9.17) is 14.0 Å². The molecule has 15 heavy (non-hydrogen) atoms. The zero-order valence-electron chi connectivity index (χ0n) is 8.56. The van der Waals surface area contributed by atoms with Crippen molar-refractivity contribution in [2.75, 3.05) is 19.8 Å². The minimum absolute atomic E-state index is 0.223. The van der Waals surface area contributed by atoms with Crippen LogP contribution in [-0.2, 0) is 9.47 Å². The van der Waals surface area contributed by atoms with E-state index in [0.717, 1.165) is 13.0 Å². The van der Waals surface area contributed by atoms with Gasteiger partial charge in [-0.25, -0.2) is 4.79 Å². The van der Waals surface area contributed by atoms with Gasteiger partial charge < -0.3 is 14.0 Å². The van der Waals surface area contributed by atoms with Gasteiger partial charge in [-0.1, -0.05) is 5.16 Å². The fourth-order valence-corrected chi connectivity index (χ4v) is 1.54. The quantitative estimate of drug-likeness (QED) is 0.706. The molecule has 0 bridgehead atoms. The molecule has 1 aliphatic rings. The van der Waals surface area contributed by atoms with Gasteiger partial charge in [-0.15, -0.1) is 0 Å². The molecule has 0 radical (unpaired) electrons. The van der Waals surface area contributed by atoms with Crippen molar-refractivity contribution in [2.45, 2.75) is 19.3 Å². The Kier molecular flexibility index (Phi) is 3.01. The number of aromatic nitrogens is 1. The highest BCUT2D eigenvalue weighted by Crippen LogP contribution is 2.25. The topological polar surface area (TPSA) is 61.6 Å². The molecular formula is C10H13NO4. The van der Waals surface area contributed by atoms with Crippen molar-refractivity contribution in [3.63, 3.8) is 0 Å². The van der Waals surface area contributed by atoms with Crippen LogP contribution in [0.4, 0.5) is 0 Å². The van der Waals surface area contributed by atoms with Gasteiger partial charge in [0.25, 0.3) is 0 Å². The van der Waals surface area contributed by atoms with Crippen molar-refractivity contribution in [2.24, 2.45) is 0 Å². The van der Waals surface area contributed by atoms with E-state index >= 15 is 0 Å². The molecule has 0 amide bonds. The summed E-state index contributed by atoms with van der Waals surface area (Å²) < 4.78 is 15.1. The third kappa shape index (κ3) is 2.18. The third-order valence-electron chi connectivity index (χ3n) is 2.35. The van der Waals surface area contributed by atoms with Gasteiger partial charge in [-0.05, 0) is 13.3 Å². The molecule has 2 rings (SSSR count). The van der Waals surface area contributed by atoms with E-state index < -0.39 is 5.97 Å². The first-order chi connectivity index (χ1) is 7.31. The van der Waals surface area contributed by atoms with Gasteiger partial charge in [0.2, 0.25) is 0 Å². The van der Waals surface area contributed by atoms with Crippen molar-refractivity contribution in [1.29, 1.82) is 0 Å². The number of ether oxygens (including phenoxy) is 2. The zero-order valence-corrected chi connectivity index (χ0v) is 8.56. The van der Waals surface area contributed by atoms with Crippen LogP contribution >= 0.6 is 0 Å². The SMILES string of the molecule is CCOC(=O)c1cc(C2CCOC2)on1. The zero-order chi connectivity index (χ0) is 10.7. The average Bonchev–Trinajstić information content (AvgIpc) is 2.89. The highest BCUT2D eigenvalue weighted by Gasteiger charge is 2.23. The molecule has 0 spiro atoms. The van der Waals surface area contributed by atoms with Crippen LogP contribution in [0.2, 0.25) is 0 Å². The summed E-state index contributed by atoms with van der Waals surface area (Å²) >= 11 is 0. The summed E-state index contributed by atoms with van der Waals surface area (Å²) in [7, 11) is 0. The number of carbonyl (C=O) groups is 1. The molecular weight excluding hydrogens is 198 g/mol. The molecule has 0 saturated carbocycles. The first-order valence-electron chi connectivity index (χ1n) is 5.02. The summed E-state index contributed by atoms with van der Waals surface area (Å²) in [5.41, 5.74) is 0.235. The first-order valence-corrected chi connectivity index (χ1v) is 5.02. The first kappa shape index (κ1) is 10.2. The van der Waals surface area contributed by atoms with E-state index in [2.05, 4.69) is 5.16 Å². The molecule has 1 atom stereocenters. The minimum Gasteiger partial charge on any atom is -0.461 e. The van der Waals surface area contributed by atoms with Gasteiger partial charge in [-0.2, -0.15) is 0 Å². The lowest BCUT2D eigenvalue weighted by atomic mass is 10.1. The third-order valence-corrected chi connectivity index (χ3v) is 2.35. The molecule has 5 heteroatoms. The summed E-state index contributed by atoms with van der Waals surface area (Å²) in [5, 5.41) is 3.67. The van der Waals surface area contributed by atoms with Crippen LogP contribution in [0.5, 0.6) is 0 Å². The second kappa shape index (κ2) is 4.44. The number of hydrogen-bond donors (Lipinski definition) is 0. The molecule has 1 saturated heterocycles. The lowest BCUT2D eigenvalue weighted by molar-refractivity contribution is 0.0514. The minimum atomic E-state index is -0.439. The van der Waals surface area contributed by atoms with Crippen LogP contribution in [0.15, 0.2) is 10.6 Å². The van der Waals surface area contributed by atoms with Gasteiger partial charge in [0.1, 0.15) is 5.76 Å².